The largest absolute Gasteiger partial charge is 0.466 e. The predicted octanol–water partition coefficient (Wildman–Crippen LogP) is 3.24. The van der Waals surface area contributed by atoms with Gasteiger partial charge in [0.2, 0.25) is 5.95 Å². The van der Waals surface area contributed by atoms with E-state index in [0.717, 1.165) is 23.1 Å². The van der Waals surface area contributed by atoms with Crippen molar-refractivity contribution < 1.29 is 23.9 Å². The molecule has 1 amide bonds. The second-order valence-corrected chi connectivity index (χ2v) is 9.13. The van der Waals surface area contributed by atoms with Crippen LogP contribution in [0.1, 0.15) is 73.0 Å². The number of carbonyl (C=O) groups is 3. The molecule has 3 rings (SSSR count). The van der Waals surface area contributed by atoms with Crippen LogP contribution in [-0.4, -0.2) is 52.1 Å². The molecule has 0 fully saturated rings. The Morgan fingerprint density at radius 2 is 1.69 bits per heavy atom. The van der Waals surface area contributed by atoms with Crippen LogP contribution in [0.5, 0.6) is 0 Å². The van der Waals surface area contributed by atoms with E-state index < -0.39 is 23.9 Å². The summed E-state index contributed by atoms with van der Waals surface area (Å²) in [4.78, 5) is 49.7. The number of nitrogens with two attached hydrogens (primary N) is 2. The zero-order valence-corrected chi connectivity index (χ0v) is 22.8. The molecule has 39 heavy (non-hydrogen) atoms. The molecular formula is C28H36N6O5. The van der Waals surface area contributed by atoms with E-state index in [1.54, 1.807) is 32.2 Å². The molecule has 0 aliphatic heterocycles. The average Bonchev–Trinajstić information content (AvgIpc) is 2.90. The van der Waals surface area contributed by atoms with Gasteiger partial charge in [-0.3, -0.25) is 9.59 Å². The number of nitrogen functional groups attached to an aromatic ring is 2. The van der Waals surface area contributed by atoms with Crippen molar-refractivity contribution in [2.75, 3.05) is 24.7 Å². The van der Waals surface area contributed by atoms with E-state index in [-0.39, 0.29) is 37.9 Å². The number of aromatic nitrogens is 3. The molecule has 208 valence electrons. The summed E-state index contributed by atoms with van der Waals surface area (Å²) in [6.45, 7) is 7.86. The predicted molar refractivity (Wildman–Crippen MR) is 148 cm³/mol. The number of anilines is 2. The second-order valence-electron chi connectivity index (χ2n) is 9.13. The molecule has 2 atom stereocenters. The summed E-state index contributed by atoms with van der Waals surface area (Å²) >= 11 is 0. The highest BCUT2D eigenvalue weighted by molar-refractivity contribution is 5.97. The fourth-order valence-electron chi connectivity index (χ4n) is 4.44. The minimum atomic E-state index is -0.958. The summed E-state index contributed by atoms with van der Waals surface area (Å²) in [5, 5.41) is 3.39. The standard InChI is InChI=1S/C28H36N6O5/c1-5-17(14-20-15-31-25-23(16(20)4)24(29)33-28(30)34-25)18-8-10-19(11-9-18)26(36)32-21(27(37)39-7-3)12-13-22(35)38-6-2/h8-11,15,17,21H,5-7,12-14H2,1-4H3,(H,32,36)(H4,29,30,31,33,34)/t17?,21-/m0/s1. The van der Waals surface area contributed by atoms with Crippen LogP contribution >= 0.6 is 0 Å². The van der Waals surface area contributed by atoms with E-state index in [9.17, 15) is 14.4 Å². The summed E-state index contributed by atoms with van der Waals surface area (Å²) in [6, 6.07) is 6.30. The number of hydrogen-bond acceptors (Lipinski definition) is 10. The lowest BCUT2D eigenvalue weighted by molar-refractivity contribution is -0.146. The number of nitrogens with one attached hydrogen (secondary N) is 1. The first-order valence-corrected chi connectivity index (χ1v) is 13.1. The number of benzene rings is 1. The number of amides is 1. The third kappa shape index (κ3) is 7.40. The molecule has 0 bridgehead atoms. The van der Waals surface area contributed by atoms with Crippen LogP contribution in [0.3, 0.4) is 0 Å². The van der Waals surface area contributed by atoms with Gasteiger partial charge < -0.3 is 26.3 Å². The molecule has 2 aromatic heterocycles. The summed E-state index contributed by atoms with van der Waals surface area (Å²) in [6.07, 6.45) is 3.43. The maximum Gasteiger partial charge on any atom is 0.328 e. The van der Waals surface area contributed by atoms with E-state index in [0.29, 0.717) is 28.8 Å². The van der Waals surface area contributed by atoms with Crippen LogP contribution in [-0.2, 0) is 25.5 Å². The molecule has 2 heterocycles. The highest BCUT2D eigenvalue weighted by atomic mass is 16.5. The van der Waals surface area contributed by atoms with Gasteiger partial charge in [0.25, 0.3) is 5.91 Å². The fourth-order valence-corrected chi connectivity index (χ4v) is 4.44. The van der Waals surface area contributed by atoms with Gasteiger partial charge in [-0.2, -0.15) is 9.97 Å². The Hall–Kier alpha value is -4.28. The zero-order chi connectivity index (χ0) is 28.5. The molecule has 1 unspecified atom stereocenters. The number of pyridine rings is 1. The van der Waals surface area contributed by atoms with E-state index in [2.05, 4.69) is 27.2 Å². The average molecular weight is 537 g/mol. The van der Waals surface area contributed by atoms with Crippen molar-refractivity contribution in [3.05, 3.63) is 52.7 Å². The van der Waals surface area contributed by atoms with Gasteiger partial charge in [-0.1, -0.05) is 19.1 Å². The first kappa shape index (κ1) is 29.3. The summed E-state index contributed by atoms with van der Waals surface area (Å²) < 4.78 is 10.00. The number of ether oxygens (including phenoxy) is 2. The van der Waals surface area contributed by atoms with Gasteiger partial charge in [0.1, 0.15) is 11.9 Å². The van der Waals surface area contributed by atoms with Crippen molar-refractivity contribution >= 4 is 40.6 Å². The summed E-state index contributed by atoms with van der Waals surface area (Å²) in [7, 11) is 0. The molecule has 0 saturated heterocycles. The van der Waals surface area contributed by atoms with Gasteiger partial charge in [-0.05, 0) is 74.8 Å². The summed E-state index contributed by atoms with van der Waals surface area (Å²) in [5.74, 6) is -0.911. The SMILES string of the molecule is CCOC(=O)CC[C@H](NC(=O)c1ccc(C(CC)Cc2cnc3nc(N)nc(N)c3c2C)cc1)C(=O)OCC. The molecular weight excluding hydrogens is 500 g/mol. The first-order chi connectivity index (χ1) is 18.7. The van der Waals surface area contributed by atoms with Gasteiger partial charge in [0.15, 0.2) is 5.65 Å². The number of carbonyl (C=O) groups excluding carboxylic acids is 3. The third-order valence-electron chi connectivity index (χ3n) is 6.56. The molecule has 5 N–H and O–H groups in total. The Bertz CT molecular complexity index is 1330. The molecule has 11 heteroatoms. The fraction of sp³-hybridized carbons (Fsp3) is 0.429. The molecule has 0 saturated carbocycles. The Morgan fingerprint density at radius 3 is 2.33 bits per heavy atom. The Labute approximate surface area is 227 Å². The maximum absolute atomic E-state index is 12.9. The first-order valence-electron chi connectivity index (χ1n) is 13.1. The van der Waals surface area contributed by atoms with Gasteiger partial charge in [0, 0.05) is 18.2 Å². The monoisotopic (exact) mass is 536 g/mol. The Kier molecular flexibility index (Phi) is 10.1. The van der Waals surface area contributed by atoms with E-state index >= 15 is 0 Å². The number of rotatable bonds is 12. The van der Waals surface area contributed by atoms with Crippen molar-refractivity contribution in [1.82, 2.24) is 20.3 Å². The molecule has 3 aromatic rings. The van der Waals surface area contributed by atoms with Gasteiger partial charge in [-0.25, -0.2) is 9.78 Å². The van der Waals surface area contributed by atoms with E-state index in [4.69, 9.17) is 20.9 Å². The number of nitrogens with zero attached hydrogens (tertiary/aromatic N) is 3. The minimum Gasteiger partial charge on any atom is -0.466 e. The quantitative estimate of drug-likeness (QED) is 0.292. The van der Waals surface area contributed by atoms with Crippen LogP contribution in [0.2, 0.25) is 0 Å². The zero-order valence-electron chi connectivity index (χ0n) is 22.8. The second kappa shape index (κ2) is 13.5. The number of fused-ring (bicyclic) bond motifs is 1. The Morgan fingerprint density at radius 1 is 1.00 bits per heavy atom. The number of hydrogen-bond donors (Lipinski definition) is 3. The van der Waals surface area contributed by atoms with Crippen molar-refractivity contribution in [3.8, 4) is 0 Å². The number of esters is 2. The lowest BCUT2D eigenvalue weighted by atomic mass is 9.88. The molecule has 0 aliphatic carbocycles. The molecule has 0 radical (unpaired) electrons. The van der Waals surface area contributed by atoms with Crippen molar-refractivity contribution in [2.45, 2.75) is 65.3 Å². The van der Waals surface area contributed by atoms with E-state index in [1.165, 1.54) is 0 Å². The third-order valence-corrected chi connectivity index (χ3v) is 6.56. The van der Waals surface area contributed by atoms with Crippen molar-refractivity contribution in [3.63, 3.8) is 0 Å². The lowest BCUT2D eigenvalue weighted by Gasteiger charge is -2.19. The normalized spacial score (nSPS) is 12.5. The highest BCUT2D eigenvalue weighted by Crippen LogP contribution is 2.30. The van der Waals surface area contributed by atoms with Gasteiger partial charge in [-0.15, -0.1) is 0 Å². The number of aryl methyl sites for hydroxylation is 1. The summed E-state index contributed by atoms with van der Waals surface area (Å²) in [5.41, 5.74) is 15.7. The maximum atomic E-state index is 12.9. The molecule has 0 spiro atoms. The van der Waals surface area contributed by atoms with E-state index in [1.807, 2.05) is 19.1 Å². The molecule has 11 nitrogen and oxygen atoms in total. The Balaban J connectivity index is 1.74. The van der Waals surface area contributed by atoms with Gasteiger partial charge in [0.05, 0.1) is 18.6 Å². The minimum absolute atomic E-state index is 0.0110. The molecule has 0 aliphatic rings. The highest BCUT2D eigenvalue weighted by Gasteiger charge is 2.24. The van der Waals surface area contributed by atoms with Crippen molar-refractivity contribution in [1.29, 1.82) is 0 Å². The van der Waals surface area contributed by atoms with Crippen LogP contribution in [0, 0.1) is 6.92 Å². The smallest absolute Gasteiger partial charge is 0.328 e. The van der Waals surface area contributed by atoms with Crippen LogP contribution in [0.15, 0.2) is 30.5 Å². The lowest BCUT2D eigenvalue weighted by Crippen LogP contribution is -2.42. The van der Waals surface area contributed by atoms with Gasteiger partial charge >= 0.3 is 11.9 Å². The van der Waals surface area contributed by atoms with Crippen molar-refractivity contribution in [2.24, 2.45) is 0 Å². The topological polar surface area (TPSA) is 172 Å². The van der Waals surface area contributed by atoms with Crippen LogP contribution < -0.4 is 16.8 Å². The van der Waals surface area contributed by atoms with Crippen LogP contribution in [0.4, 0.5) is 11.8 Å². The molecule has 1 aromatic carbocycles. The van der Waals surface area contributed by atoms with Crippen LogP contribution in [0.25, 0.3) is 11.0 Å².